The van der Waals surface area contributed by atoms with Gasteiger partial charge in [0.2, 0.25) is 0 Å². The molecule has 0 unspecified atom stereocenters. The van der Waals surface area contributed by atoms with Crippen molar-refractivity contribution in [3.63, 3.8) is 0 Å². The molecule has 20 heavy (non-hydrogen) atoms. The van der Waals surface area contributed by atoms with E-state index in [1.165, 1.54) is 12.3 Å². The summed E-state index contributed by atoms with van der Waals surface area (Å²) >= 11 is 0. The first-order valence-electron chi connectivity index (χ1n) is 6.70. The molecule has 1 aliphatic heterocycles. The van der Waals surface area contributed by atoms with E-state index in [9.17, 15) is 9.18 Å². The van der Waals surface area contributed by atoms with Gasteiger partial charge in [0.25, 0.3) is 5.91 Å². The number of pyridine rings is 1. The van der Waals surface area contributed by atoms with Crippen molar-refractivity contribution in [2.24, 2.45) is 0 Å². The van der Waals surface area contributed by atoms with Crippen LogP contribution in [0.2, 0.25) is 0 Å². The van der Waals surface area contributed by atoms with Gasteiger partial charge >= 0.3 is 0 Å². The van der Waals surface area contributed by atoms with Gasteiger partial charge in [-0.15, -0.1) is 0 Å². The van der Waals surface area contributed by atoms with Crippen molar-refractivity contribution in [3.8, 4) is 0 Å². The molecule has 0 saturated carbocycles. The number of amides is 1. The Hall–Kier alpha value is -2.23. The van der Waals surface area contributed by atoms with Gasteiger partial charge in [-0.3, -0.25) is 9.78 Å². The minimum atomic E-state index is -0.370. The summed E-state index contributed by atoms with van der Waals surface area (Å²) in [5.74, 6) is -0.354. The van der Waals surface area contributed by atoms with Gasteiger partial charge in [-0.1, -0.05) is 18.2 Å². The van der Waals surface area contributed by atoms with Crippen molar-refractivity contribution in [2.45, 2.75) is 19.4 Å². The SMILES string of the molecule is O=C1c2ccccc2CCCN1Cc1cncc(F)c1. The fourth-order valence-corrected chi connectivity index (χ4v) is 2.59. The average Bonchev–Trinajstić information content (AvgIpc) is 2.60. The highest BCUT2D eigenvalue weighted by atomic mass is 19.1. The van der Waals surface area contributed by atoms with Crippen LogP contribution in [0, 0.1) is 5.82 Å². The van der Waals surface area contributed by atoms with E-state index >= 15 is 0 Å². The van der Waals surface area contributed by atoms with Crippen LogP contribution in [0.1, 0.15) is 27.9 Å². The molecule has 1 aromatic carbocycles. The lowest BCUT2D eigenvalue weighted by molar-refractivity contribution is 0.0748. The maximum absolute atomic E-state index is 13.2. The Labute approximate surface area is 117 Å². The van der Waals surface area contributed by atoms with E-state index in [0.29, 0.717) is 13.1 Å². The molecule has 2 aromatic rings. The van der Waals surface area contributed by atoms with Crippen molar-refractivity contribution in [1.29, 1.82) is 0 Å². The fraction of sp³-hybridized carbons (Fsp3) is 0.250. The highest BCUT2D eigenvalue weighted by Gasteiger charge is 2.22. The standard InChI is InChI=1S/C16H15FN2O/c17-14-8-12(9-18-10-14)11-19-7-3-5-13-4-1-2-6-15(13)16(19)20/h1-2,4,6,8-10H,3,5,7,11H2. The number of nitrogens with zero attached hydrogens (tertiary/aromatic N) is 2. The topological polar surface area (TPSA) is 33.2 Å². The van der Waals surface area contributed by atoms with Crippen molar-refractivity contribution >= 4 is 5.91 Å². The van der Waals surface area contributed by atoms with Crippen molar-refractivity contribution in [2.75, 3.05) is 6.54 Å². The van der Waals surface area contributed by atoms with Crippen molar-refractivity contribution in [1.82, 2.24) is 9.88 Å². The number of aryl methyl sites for hydroxylation is 1. The van der Waals surface area contributed by atoms with Crippen molar-refractivity contribution in [3.05, 3.63) is 65.2 Å². The van der Waals surface area contributed by atoms with Crippen LogP contribution in [0.25, 0.3) is 0 Å². The molecular formula is C16H15FN2O. The van der Waals surface area contributed by atoms with Crippen LogP contribution in [0.3, 0.4) is 0 Å². The third-order valence-electron chi connectivity index (χ3n) is 3.54. The summed E-state index contributed by atoms with van der Waals surface area (Å²) in [5, 5.41) is 0. The maximum Gasteiger partial charge on any atom is 0.254 e. The molecule has 0 N–H and O–H groups in total. The summed E-state index contributed by atoms with van der Waals surface area (Å²) in [6, 6.07) is 9.12. The number of carbonyl (C=O) groups excluding carboxylic acids is 1. The lowest BCUT2D eigenvalue weighted by Gasteiger charge is -2.20. The predicted molar refractivity (Wildman–Crippen MR) is 73.7 cm³/mol. The number of halogens is 1. The normalized spacial score (nSPS) is 14.8. The first kappa shape index (κ1) is 12.8. The number of rotatable bonds is 2. The molecule has 4 heteroatoms. The highest BCUT2D eigenvalue weighted by Crippen LogP contribution is 2.20. The number of carbonyl (C=O) groups is 1. The van der Waals surface area contributed by atoms with Gasteiger partial charge in [0.1, 0.15) is 5.82 Å². The smallest absolute Gasteiger partial charge is 0.254 e. The predicted octanol–water partition coefficient (Wildman–Crippen LogP) is 2.81. The zero-order valence-electron chi connectivity index (χ0n) is 11.1. The third kappa shape index (κ3) is 2.54. The Morgan fingerprint density at radius 2 is 2.10 bits per heavy atom. The molecule has 2 heterocycles. The zero-order valence-corrected chi connectivity index (χ0v) is 11.1. The summed E-state index contributed by atoms with van der Waals surface area (Å²) < 4.78 is 13.2. The second-order valence-electron chi connectivity index (χ2n) is 5.00. The van der Waals surface area contributed by atoms with Crippen molar-refractivity contribution < 1.29 is 9.18 Å². The first-order chi connectivity index (χ1) is 9.74. The van der Waals surface area contributed by atoms with Crippen LogP contribution in [-0.2, 0) is 13.0 Å². The highest BCUT2D eigenvalue weighted by molar-refractivity contribution is 5.96. The fourth-order valence-electron chi connectivity index (χ4n) is 2.59. The average molecular weight is 270 g/mol. The minimum Gasteiger partial charge on any atom is -0.334 e. The number of hydrogen-bond acceptors (Lipinski definition) is 2. The van der Waals surface area contributed by atoms with Crippen LogP contribution in [0.5, 0.6) is 0 Å². The van der Waals surface area contributed by atoms with E-state index < -0.39 is 0 Å². The van der Waals surface area contributed by atoms with E-state index in [0.717, 1.165) is 29.5 Å². The molecule has 0 radical (unpaired) electrons. The molecule has 1 aromatic heterocycles. The van der Waals surface area contributed by atoms with Crippen LogP contribution in [0.15, 0.2) is 42.7 Å². The Morgan fingerprint density at radius 1 is 1.25 bits per heavy atom. The zero-order chi connectivity index (χ0) is 13.9. The number of hydrogen-bond donors (Lipinski definition) is 0. The number of fused-ring (bicyclic) bond motifs is 1. The van der Waals surface area contributed by atoms with Gasteiger partial charge in [-0.2, -0.15) is 0 Å². The first-order valence-corrected chi connectivity index (χ1v) is 6.70. The molecule has 0 bridgehead atoms. The van der Waals surface area contributed by atoms with E-state index in [-0.39, 0.29) is 11.7 Å². The van der Waals surface area contributed by atoms with E-state index in [1.54, 1.807) is 11.1 Å². The molecular weight excluding hydrogens is 255 g/mol. The summed E-state index contributed by atoms with van der Waals surface area (Å²) in [6.07, 6.45) is 4.60. The molecule has 102 valence electrons. The molecule has 1 amide bonds. The molecule has 1 aliphatic rings. The van der Waals surface area contributed by atoms with Gasteiger partial charge in [-0.25, -0.2) is 4.39 Å². The van der Waals surface area contributed by atoms with Crippen LogP contribution < -0.4 is 0 Å². The molecule has 0 spiro atoms. The summed E-state index contributed by atoms with van der Waals surface area (Å²) in [7, 11) is 0. The summed E-state index contributed by atoms with van der Waals surface area (Å²) in [4.78, 5) is 18.1. The maximum atomic E-state index is 13.2. The number of benzene rings is 1. The van der Waals surface area contributed by atoms with Gasteiger partial charge < -0.3 is 4.90 Å². The monoisotopic (exact) mass is 270 g/mol. The van der Waals surface area contributed by atoms with Crippen LogP contribution >= 0.6 is 0 Å². The Balaban J connectivity index is 1.86. The molecule has 0 atom stereocenters. The Kier molecular flexibility index (Phi) is 3.46. The summed E-state index contributed by atoms with van der Waals surface area (Å²) in [5.41, 5.74) is 2.57. The van der Waals surface area contributed by atoms with Gasteiger partial charge in [0.15, 0.2) is 0 Å². The molecule has 3 nitrogen and oxygen atoms in total. The lowest BCUT2D eigenvalue weighted by atomic mass is 10.0. The molecule has 0 fully saturated rings. The largest absolute Gasteiger partial charge is 0.334 e. The summed E-state index contributed by atoms with van der Waals surface area (Å²) in [6.45, 7) is 1.09. The third-order valence-corrected chi connectivity index (χ3v) is 3.54. The molecule has 3 rings (SSSR count). The van der Waals surface area contributed by atoms with Crippen LogP contribution in [-0.4, -0.2) is 22.3 Å². The van der Waals surface area contributed by atoms with Gasteiger partial charge in [0, 0.05) is 24.8 Å². The van der Waals surface area contributed by atoms with E-state index in [1.807, 2.05) is 24.3 Å². The van der Waals surface area contributed by atoms with Crippen LogP contribution in [0.4, 0.5) is 4.39 Å². The quantitative estimate of drug-likeness (QED) is 0.840. The molecule has 0 aliphatic carbocycles. The minimum absolute atomic E-state index is 0.0161. The number of aromatic nitrogens is 1. The second kappa shape index (κ2) is 5.41. The van der Waals surface area contributed by atoms with E-state index in [2.05, 4.69) is 4.98 Å². The van der Waals surface area contributed by atoms with Gasteiger partial charge in [-0.05, 0) is 36.1 Å². The van der Waals surface area contributed by atoms with E-state index in [4.69, 9.17) is 0 Å². The second-order valence-corrected chi connectivity index (χ2v) is 5.00. The Bertz CT molecular complexity index is 642. The lowest BCUT2D eigenvalue weighted by Crippen LogP contribution is -2.30. The Morgan fingerprint density at radius 3 is 2.95 bits per heavy atom. The molecule has 0 saturated heterocycles. The van der Waals surface area contributed by atoms with Gasteiger partial charge in [0.05, 0.1) is 6.20 Å².